The summed E-state index contributed by atoms with van der Waals surface area (Å²) in [4.78, 5) is 25.7. The smallest absolute Gasteiger partial charge is 0.251 e. The summed E-state index contributed by atoms with van der Waals surface area (Å²) in [7, 11) is 0. The van der Waals surface area contributed by atoms with Gasteiger partial charge in [-0.3, -0.25) is 9.59 Å². The molecule has 190 valence electrons. The van der Waals surface area contributed by atoms with Gasteiger partial charge >= 0.3 is 0 Å². The Bertz CT molecular complexity index is 1240. The van der Waals surface area contributed by atoms with Crippen LogP contribution >= 0.6 is 11.8 Å². The molecular weight excluding hydrogens is 470 g/mol. The Balaban J connectivity index is 1.77. The fourth-order valence-electron chi connectivity index (χ4n) is 4.16. The predicted octanol–water partition coefficient (Wildman–Crippen LogP) is 5.56. The van der Waals surface area contributed by atoms with Crippen molar-refractivity contribution in [1.29, 1.82) is 0 Å². The lowest BCUT2D eigenvalue weighted by atomic mass is 10.0. The Morgan fingerprint density at radius 2 is 1.75 bits per heavy atom. The lowest BCUT2D eigenvalue weighted by Gasteiger charge is -2.22. The van der Waals surface area contributed by atoms with Crippen molar-refractivity contribution in [2.24, 2.45) is 5.92 Å². The van der Waals surface area contributed by atoms with Crippen LogP contribution in [0.15, 0.2) is 54.2 Å². The highest BCUT2D eigenvalue weighted by Crippen LogP contribution is 2.27. The topological polar surface area (TPSA) is 88.9 Å². The molecular formula is C28H35N5O2S. The summed E-state index contributed by atoms with van der Waals surface area (Å²) in [6.07, 6.45) is 1.76. The zero-order valence-electron chi connectivity index (χ0n) is 21.9. The highest BCUT2D eigenvalue weighted by Gasteiger charge is 2.26. The van der Waals surface area contributed by atoms with E-state index in [-0.39, 0.29) is 29.5 Å². The number of allylic oxidation sites excluding steroid dienone is 1. The Labute approximate surface area is 217 Å². The minimum Gasteiger partial charge on any atom is -0.342 e. The van der Waals surface area contributed by atoms with E-state index in [0.29, 0.717) is 23.1 Å². The quantitative estimate of drug-likeness (QED) is 0.278. The first kappa shape index (κ1) is 27.2. The van der Waals surface area contributed by atoms with Crippen LogP contribution in [-0.2, 0) is 11.3 Å². The van der Waals surface area contributed by atoms with Gasteiger partial charge in [0.2, 0.25) is 5.91 Å². The van der Waals surface area contributed by atoms with Gasteiger partial charge in [0.05, 0.1) is 11.8 Å². The molecule has 0 radical (unpaired) electrons. The molecule has 0 aliphatic carbocycles. The molecule has 2 amide bonds. The fourth-order valence-corrected chi connectivity index (χ4v) is 4.92. The number of hydrogen-bond acceptors (Lipinski definition) is 5. The standard InChI is InChI=1S/C28H35N5O2S/c1-8-12-33-26(24(17(2)3)30-27(35)22-11-9-10-18(4)15-22)31-32-28(33)36-16-23(34)29-25-20(6)13-19(5)14-21(25)7/h8-11,13-15,17,24H,1,12,16H2,2-7H3,(H,29,34)(H,30,35)/t24-/m0/s1. The van der Waals surface area contributed by atoms with Crippen molar-refractivity contribution >= 4 is 29.3 Å². The number of nitrogens with zero attached hydrogens (tertiary/aromatic N) is 3. The molecule has 0 aliphatic heterocycles. The maximum absolute atomic E-state index is 13.0. The molecule has 1 heterocycles. The Kier molecular flexibility index (Phi) is 9.09. The average molecular weight is 506 g/mol. The van der Waals surface area contributed by atoms with E-state index in [2.05, 4.69) is 39.5 Å². The van der Waals surface area contributed by atoms with Crippen LogP contribution in [0, 0.1) is 33.6 Å². The number of hydrogen-bond donors (Lipinski definition) is 2. The normalized spacial score (nSPS) is 11.9. The first-order valence-corrected chi connectivity index (χ1v) is 13.0. The SMILES string of the molecule is C=CCn1c(SCC(=O)Nc2c(C)cc(C)cc2C)nnc1[C@@H](NC(=O)c1cccc(C)c1)C(C)C. The number of aromatic nitrogens is 3. The van der Waals surface area contributed by atoms with Gasteiger partial charge in [-0.2, -0.15) is 0 Å². The van der Waals surface area contributed by atoms with Crippen molar-refractivity contribution in [3.05, 3.63) is 82.7 Å². The molecule has 0 bridgehead atoms. The molecule has 0 saturated carbocycles. The highest BCUT2D eigenvalue weighted by atomic mass is 32.2. The second kappa shape index (κ2) is 12.0. The van der Waals surface area contributed by atoms with Gasteiger partial charge in [0, 0.05) is 17.8 Å². The number of thioether (sulfide) groups is 1. The summed E-state index contributed by atoms with van der Waals surface area (Å²) in [5.74, 6) is 0.615. The highest BCUT2D eigenvalue weighted by molar-refractivity contribution is 7.99. The number of anilines is 1. The van der Waals surface area contributed by atoms with Gasteiger partial charge in [-0.15, -0.1) is 16.8 Å². The molecule has 2 N–H and O–H groups in total. The zero-order chi connectivity index (χ0) is 26.4. The summed E-state index contributed by atoms with van der Waals surface area (Å²) < 4.78 is 1.91. The molecule has 0 saturated heterocycles. The van der Waals surface area contributed by atoms with Crippen molar-refractivity contribution in [2.75, 3.05) is 11.1 Å². The number of carbonyl (C=O) groups is 2. The van der Waals surface area contributed by atoms with Crippen molar-refractivity contribution in [3.8, 4) is 0 Å². The summed E-state index contributed by atoms with van der Waals surface area (Å²) >= 11 is 1.31. The van der Waals surface area contributed by atoms with Gasteiger partial charge in [0.1, 0.15) is 0 Å². The van der Waals surface area contributed by atoms with Gasteiger partial charge < -0.3 is 15.2 Å². The molecule has 1 aromatic heterocycles. The second-order valence-electron chi connectivity index (χ2n) is 9.42. The molecule has 3 aromatic rings. The van der Waals surface area contributed by atoms with Gasteiger partial charge in [0.15, 0.2) is 11.0 Å². The first-order valence-electron chi connectivity index (χ1n) is 12.0. The van der Waals surface area contributed by atoms with Crippen molar-refractivity contribution in [2.45, 2.75) is 59.3 Å². The van der Waals surface area contributed by atoms with Gasteiger partial charge in [0.25, 0.3) is 5.91 Å². The molecule has 7 nitrogen and oxygen atoms in total. The van der Waals surface area contributed by atoms with Crippen LogP contribution in [0.1, 0.15) is 58.3 Å². The first-order chi connectivity index (χ1) is 17.1. The van der Waals surface area contributed by atoms with E-state index in [9.17, 15) is 9.59 Å². The Morgan fingerprint density at radius 3 is 2.36 bits per heavy atom. The van der Waals surface area contributed by atoms with Crippen LogP contribution < -0.4 is 10.6 Å². The number of aryl methyl sites for hydroxylation is 4. The fraction of sp³-hybridized carbons (Fsp3) is 0.357. The molecule has 0 unspecified atom stereocenters. The van der Waals surface area contributed by atoms with E-state index < -0.39 is 0 Å². The van der Waals surface area contributed by atoms with E-state index in [1.807, 2.05) is 64.3 Å². The molecule has 3 rings (SSSR count). The van der Waals surface area contributed by atoms with Gasteiger partial charge in [-0.25, -0.2) is 0 Å². The van der Waals surface area contributed by atoms with E-state index in [1.54, 1.807) is 12.1 Å². The van der Waals surface area contributed by atoms with E-state index in [1.165, 1.54) is 11.8 Å². The maximum atomic E-state index is 13.0. The molecule has 0 aliphatic rings. The third-order valence-corrected chi connectivity index (χ3v) is 6.81. The second-order valence-corrected chi connectivity index (χ2v) is 10.4. The maximum Gasteiger partial charge on any atom is 0.251 e. The lowest BCUT2D eigenvalue weighted by Crippen LogP contribution is -2.34. The molecule has 1 atom stereocenters. The van der Waals surface area contributed by atoms with Gasteiger partial charge in [-0.1, -0.05) is 67.1 Å². The predicted molar refractivity (Wildman–Crippen MR) is 146 cm³/mol. The van der Waals surface area contributed by atoms with Crippen LogP contribution in [0.3, 0.4) is 0 Å². The van der Waals surface area contributed by atoms with Gasteiger partial charge in [-0.05, 0) is 56.9 Å². The van der Waals surface area contributed by atoms with Crippen molar-refractivity contribution < 1.29 is 9.59 Å². The van der Waals surface area contributed by atoms with Crippen molar-refractivity contribution in [3.63, 3.8) is 0 Å². The van der Waals surface area contributed by atoms with Crippen LogP contribution in [0.2, 0.25) is 0 Å². The molecule has 36 heavy (non-hydrogen) atoms. The number of amides is 2. The molecule has 2 aromatic carbocycles. The average Bonchev–Trinajstić information content (AvgIpc) is 3.20. The van der Waals surface area contributed by atoms with Crippen LogP contribution in [-0.4, -0.2) is 32.3 Å². The minimum atomic E-state index is -0.355. The lowest BCUT2D eigenvalue weighted by molar-refractivity contribution is -0.113. The van der Waals surface area contributed by atoms with E-state index >= 15 is 0 Å². The number of rotatable bonds is 10. The number of nitrogens with one attached hydrogen (secondary N) is 2. The van der Waals surface area contributed by atoms with Crippen LogP contribution in [0.4, 0.5) is 5.69 Å². The largest absolute Gasteiger partial charge is 0.342 e. The van der Waals surface area contributed by atoms with Crippen LogP contribution in [0.5, 0.6) is 0 Å². The number of benzene rings is 2. The third-order valence-electron chi connectivity index (χ3n) is 5.84. The molecule has 0 spiro atoms. The Morgan fingerprint density at radius 1 is 1.06 bits per heavy atom. The summed E-state index contributed by atoms with van der Waals surface area (Å²) in [6.45, 7) is 16.4. The van der Waals surface area contributed by atoms with Crippen molar-refractivity contribution in [1.82, 2.24) is 20.1 Å². The van der Waals surface area contributed by atoms with E-state index in [0.717, 1.165) is 27.9 Å². The molecule has 8 heteroatoms. The van der Waals surface area contributed by atoms with E-state index in [4.69, 9.17) is 0 Å². The summed E-state index contributed by atoms with van der Waals surface area (Å²) in [6, 6.07) is 11.2. The summed E-state index contributed by atoms with van der Waals surface area (Å²) in [5, 5.41) is 15.5. The Hall–Kier alpha value is -3.39. The zero-order valence-corrected chi connectivity index (χ0v) is 22.7. The third kappa shape index (κ3) is 6.63. The molecule has 0 fully saturated rings. The number of carbonyl (C=O) groups excluding carboxylic acids is 2. The van der Waals surface area contributed by atoms with Crippen LogP contribution in [0.25, 0.3) is 0 Å². The minimum absolute atomic E-state index is 0.0696. The summed E-state index contributed by atoms with van der Waals surface area (Å²) in [5.41, 5.74) is 5.70. The monoisotopic (exact) mass is 505 g/mol.